The van der Waals surface area contributed by atoms with Gasteiger partial charge in [0.25, 0.3) is 5.91 Å². The van der Waals surface area contributed by atoms with Crippen LogP contribution in [0.25, 0.3) is 10.8 Å². The van der Waals surface area contributed by atoms with E-state index in [1.807, 2.05) is 10.6 Å². The number of carbonyl (C=O) groups is 20. The van der Waals surface area contributed by atoms with Gasteiger partial charge in [0.15, 0.2) is 0 Å². The largest absolute Gasteiger partial charge is 0.508 e. The topological polar surface area (TPSA) is 743 Å². The Morgan fingerprint density at radius 2 is 0.735 bits per heavy atom. The van der Waals surface area contributed by atoms with E-state index in [1.54, 1.807) is 54.6 Å². The summed E-state index contributed by atoms with van der Waals surface area (Å²) < 4.78 is 0. The van der Waals surface area contributed by atoms with E-state index < -0.39 is 261 Å². The fraction of sp³-hybridized carbons (Fsp3) is 0.435. The van der Waals surface area contributed by atoms with E-state index >= 15 is 9.59 Å². The number of rotatable bonds is 53. The van der Waals surface area contributed by atoms with Gasteiger partial charge in [0.2, 0.25) is 41.4 Å². The van der Waals surface area contributed by atoms with Crippen molar-refractivity contribution in [3.63, 3.8) is 0 Å². The number of urea groups is 1. The van der Waals surface area contributed by atoms with Gasteiger partial charge in [-0.25, -0.2) is 33.6 Å². The molecule has 0 spiro atoms. The van der Waals surface area contributed by atoms with Crippen LogP contribution in [0.4, 0.5) is 10.5 Å². The molecule has 1 aliphatic rings. The second-order valence-corrected chi connectivity index (χ2v) is 31.0. The molecule has 47 heteroatoms. The first kappa shape index (κ1) is 106. The minimum absolute atomic E-state index is 0.0168. The smallest absolute Gasteiger partial charge is 0.335 e. The van der Waals surface area contributed by atoms with Crippen LogP contribution < -0.4 is 58.9 Å². The minimum Gasteiger partial charge on any atom is -0.508 e. The zero-order chi connectivity index (χ0) is 97.4. The van der Waals surface area contributed by atoms with Gasteiger partial charge in [-0.2, -0.15) is 0 Å². The van der Waals surface area contributed by atoms with Crippen molar-refractivity contribution in [3.8, 4) is 5.75 Å². The van der Waals surface area contributed by atoms with Crippen molar-refractivity contribution in [3.05, 3.63) is 143 Å². The van der Waals surface area contributed by atoms with Crippen molar-refractivity contribution in [1.29, 1.82) is 0 Å². The number of carbonyl (C=O) groups excluding carboxylic acids is 9. The zero-order valence-corrected chi connectivity index (χ0v) is 71.3. The second kappa shape index (κ2) is 53.1. The Labute approximate surface area is 752 Å². The number of amides is 10. The lowest BCUT2D eigenvalue weighted by Crippen LogP contribution is -2.59. The summed E-state index contributed by atoms with van der Waals surface area (Å²) in [4.78, 5) is 265. The average Bonchev–Trinajstić information content (AvgIpc) is 0.828. The van der Waals surface area contributed by atoms with Gasteiger partial charge in [-0.3, -0.25) is 81.9 Å². The molecule has 132 heavy (non-hydrogen) atoms. The molecule has 0 aromatic heterocycles. The molecule has 0 unspecified atom stereocenters. The molecule has 0 aliphatic carbocycles. The molecule has 5 aromatic rings. The van der Waals surface area contributed by atoms with Gasteiger partial charge in [0.05, 0.1) is 37.2 Å². The Morgan fingerprint density at radius 1 is 0.333 bits per heavy atom. The van der Waals surface area contributed by atoms with Crippen molar-refractivity contribution in [2.45, 2.75) is 151 Å². The highest BCUT2D eigenvalue weighted by Gasteiger charge is 2.36. The maximum atomic E-state index is 15.2. The molecule has 1 aliphatic heterocycles. The number of aliphatic carboxylic acids is 9. The number of hydrogen-bond acceptors (Lipinski definition) is 26. The standard InChI is InChI=1S/C85H107N15O32/c86-55-16-11-47(12-17-55)37-61(90-67(103)24-22-65(84(130)131)100-34-32-98(45-71(109)110)30-28-97(44-70(107)108)29-31-99(33-35-100)46-72(111)112)75(115)93-62(38-48-13-18-56(101)19-14-48)77(117)94-63(39-49-10-15-50-6-1-2-7-51(50)36-49)76(116)91-58(81(124)125)8-3-4-26-88-74(114)64(92-73(113)52-40-53(78(118)119)42-54(41-52)79(120)121)43-68(104)87-27-5-9-57(80(122)123)89-66(102)23-20-59(82(126)127)95-85(132)96-60(83(128)129)21-25-69(105)106/h1-2,6-7,10-19,36,40-42,57-65,101H,3-5,8-9,20-35,37-39,43-46,86H2,(H,87,104)(H,88,114)(H,89,102)(H,90,103)(H,91,116)(H,92,113)(H,93,115)(H,94,117)(H,105,106)(H,107,108)(H,109,110)(H,111,112)(H,118,119)(H,120,121)(H,122,123)(H,124,125)(H,126,127)(H,128,129)(H,130,131)(H2,95,96,132)/t57-,58-,59+,60+,61+,62-,63-,64-,65-/m1/s1. The Hall–Kier alpha value is -15.0. The molecule has 714 valence electrons. The number of nitrogens with two attached hydrogens (primary N) is 1. The lowest BCUT2D eigenvalue weighted by molar-refractivity contribution is -0.145. The normalized spacial score (nSPS) is 14.9. The Balaban J connectivity index is 1.18. The fourth-order valence-electron chi connectivity index (χ4n) is 14.0. The van der Waals surface area contributed by atoms with Crippen molar-refractivity contribution >= 4 is 135 Å². The number of anilines is 1. The van der Waals surface area contributed by atoms with E-state index in [1.165, 1.54) is 56.0 Å². The van der Waals surface area contributed by atoms with Crippen molar-refractivity contribution in [2.24, 2.45) is 0 Å². The van der Waals surface area contributed by atoms with E-state index in [0.29, 0.717) is 27.8 Å². The molecule has 5 aromatic carbocycles. The van der Waals surface area contributed by atoms with Gasteiger partial charge < -0.3 is 120 Å². The van der Waals surface area contributed by atoms with E-state index in [2.05, 4.69) is 42.5 Å². The van der Waals surface area contributed by atoms with Gasteiger partial charge in [0.1, 0.15) is 60.1 Å². The summed E-state index contributed by atoms with van der Waals surface area (Å²) in [7, 11) is 0. The molecular formula is C85H107N15O32. The number of fused-ring (bicyclic) bond motifs is 1. The van der Waals surface area contributed by atoms with Crippen molar-refractivity contribution in [1.82, 2.24) is 72.8 Å². The Kier molecular flexibility index (Phi) is 42.5. The Morgan fingerprint density at radius 3 is 1.21 bits per heavy atom. The number of benzene rings is 5. The van der Waals surface area contributed by atoms with Gasteiger partial charge in [0, 0.05) is 115 Å². The van der Waals surface area contributed by atoms with Crippen LogP contribution in [-0.2, 0) is 96.0 Å². The van der Waals surface area contributed by atoms with Crippen LogP contribution in [-0.4, -0.2) is 339 Å². The molecule has 1 heterocycles. The van der Waals surface area contributed by atoms with Crippen molar-refractivity contribution < 1.29 is 157 Å². The van der Waals surface area contributed by atoms with E-state index in [9.17, 15) is 142 Å². The summed E-state index contributed by atoms with van der Waals surface area (Å²) in [6, 6.07) is 9.33. The number of nitrogens with one attached hydrogen (secondary N) is 10. The third-order valence-electron chi connectivity index (χ3n) is 21.0. The maximum absolute atomic E-state index is 15.2. The van der Waals surface area contributed by atoms with Crippen LogP contribution in [0.5, 0.6) is 5.75 Å². The molecule has 0 saturated carbocycles. The summed E-state index contributed by atoms with van der Waals surface area (Å²) in [6.07, 6.45) is -6.81. The van der Waals surface area contributed by atoms with E-state index in [-0.39, 0.29) is 116 Å². The number of nitrogen functional groups attached to an aromatic ring is 1. The van der Waals surface area contributed by atoms with Crippen LogP contribution in [0.2, 0.25) is 0 Å². The number of phenolic OH excluding ortho intramolecular Hbond substituents is 1. The number of phenols is 1. The molecule has 10 amide bonds. The number of carboxylic acid groups (broad SMARTS) is 11. The SMILES string of the molecule is Nc1ccc(C[C@H](NC(=O)CC[C@H](C(=O)O)N2CCN(CC(=O)O)CCN(CC(=O)O)CCN(CC(=O)O)CC2)C(=O)N[C@H](Cc2ccc(O)cc2)C(=O)N[C@H](Cc2ccc3ccccc3c2)C(=O)N[C@H](CCCCNC(=O)[C@@H](CC(=O)NCCC[C@@H](NC(=O)CC[C@H](NC(=O)N[C@@H](CCC(=O)O)C(=O)O)C(=O)O)C(=O)O)NC(=O)c2cc(C(=O)O)cc(C(=O)O)c2)C(=O)O)cc1. The van der Waals surface area contributed by atoms with Gasteiger partial charge >= 0.3 is 71.7 Å². The van der Waals surface area contributed by atoms with Gasteiger partial charge in [-0.1, -0.05) is 66.7 Å². The Bertz CT molecular complexity index is 4920. The molecule has 9 atom stereocenters. The van der Waals surface area contributed by atoms with E-state index in [4.69, 9.17) is 10.8 Å². The molecule has 24 N–H and O–H groups in total. The van der Waals surface area contributed by atoms with Gasteiger partial charge in [-0.05, 0) is 121 Å². The molecule has 1 fully saturated rings. The first-order chi connectivity index (χ1) is 62.5. The van der Waals surface area contributed by atoms with Crippen LogP contribution >= 0.6 is 0 Å². The second-order valence-electron chi connectivity index (χ2n) is 31.0. The number of unbranched alkanes of at least 4 members (excludes halogenated alkanes) is 1. The highest BCUT2D eigenvalue weighted by molar-refractivity contribution is 6.04. The molecule has 0 radical (unpaired) electrons. The van der Waals surface area contributed by atoms with E-state index in [0.717, 1.165) is 23.6 Å². The molecule has 6 rings (SSSR count). The fourth-order valence-corrected chi connectivity index (χ4v) is 14.0. The predicted molar refractivity (Wildman–Crippen MR) is 459 cm³/mol. The quantitative estimate of drug-likeness (QED) is 0.0149. The predicted octanol–water partition coefficient (Wildman–Crippen LogP) is -1.92. The summed E-state index contributed by atoms with van der Waals surface area (Å²) in [5.74, 6) is -24.9. The molecule has 1 saturated heterocycles. The molecular weight excluding hydrogens is 1740 g/mol. The third kappa shape index (κ3) is 37.7. The number of aromatic carboxylic acids is 2. The summed E-state index contributed by atoms with van der Waals surface area (Å²) >= 11 is 0. The summed E-state index contributed by atoms with van der Waals surface area (Å²) in [5.41, 5.74) is 5.57. The van der Waals surface area contributed by atoms with Crippen LogP contribution in [0.15, 0.2) is 109 Å². The summed E-state index contributed by atoms with van der Waals surface area (Å²) in [5, 5.41) is 143. The number of aromatic hydroxyl groups is 1. The van der Waals surface area contributed by atoms with Crippen LogP contribution in [0, 0.1) is 0 Å². The number of carboxylic acids is 11. The third-order valence-corrected chi connectivity index (χ3v) is 21.0. The van der Waals surface area contributed by atoms with Crippen molar-refractivity contribution in [2.75, 3.05) is 90.8 Å². The lowest BCUT2D eigenvalue weighted by Gasteiger charge is -2.35. The van der Waals surface area contributed by atoms with Crippen LogP contribution in [0.3, 0.4) is 0 Å². The molecule has 47 nitrogen and oxygen atoms in total. The first-order valence-electron chi connectivity index (χ1n) is 41.6. The molecule has 0 bridgehead atoms. The maximum Gasteiger partial charge on any atom is 0.335 e. The lowest BCUT2D eigenvalue weighted by atomic mass is 9.99. The minimum atomic E-state index is -1.87. The highest BCUT2D eigenvalue weighted by Crippen LogP contribution is 2.21. The van der Waals surface area contributed by atoms with Gasteiger partial charge in [-0.15, -0.1) is 0 Å². The highest BCUT2D eigenvalue weighted by atomic mass is 16.4. The number of hydrogen-bond donors (Lipinski definition) is 23. The monoisotopic (exact) mass is 1850 g/mol. The number of nitrogens with zero attached hydrogens (tertiary/aromatic N) is 4. The average molecular weight is 1850 g/mol. The zero-order valence-electron chi connectivity index (χ0n) is 71.3. The first-order valence-corrected chi connectivity index (χ1v) is 41.6. The van der Waals surface area contributed by atoms with Crippen LogP contribution in [0.1, 0.15) is 125 Å². The summed E-state index contributed by atoms with van der Waals surface area (Å²) in [6.45, 7) is -2.47.